The Morgan fingerprint density at radius 1 is 1.14 bits per heavy atom. The maximum Gasteiger partial charge on any atom is 0.241 e. The normalized spacial score (nSPS) is 11.3. The summed E-state index contributed by atoms with van der Waals surface area (Å²) in [5.74, 6) is -0.486. The summed E-state index contributed by atoms with van der Waals surface area (Å²) in [6.07, 6.45) is 0.722. The van der Waals surface area contributed by atoms with Crippen LogP contribution in [0.3, 0.4) is 0 Å². The highest BCUT2D eigenvalue weighted by atomic mass is 35.5. The van der Waals surface area contributed by atoms with Crippen molar-refractivity contribution in [2.45, 2.75) is 33.2 Å². The van der Waals surface area contributed by atoms with Crippen LogP contribution in [0.25, 0.3) is 0 Å². The molecule has 0 saturated carbocycles. The van der Waals surface area contributed by atoms with Gasteiger partial charge in [-0.25, -0.2) is 0 Å². The summed E-state index contributed by atoms with van der Waals surface area (Å²) < 4.78 is 0. The molecule has 21 heavy (non-hydrogen) atoms. The number of hydrogen-bond acceptors (Lipinski definition) is 4. The first kappa shape index (κ1) is 21.9. The lowest BCUT2D eigenvalue weighted by atomic mass is 10.0. The topological polar surface area (TPSA) is 105 Å². The number of halogens is 1. The van der Waals surface area contributed by atoms with E-state index in [-0.39, 0.29) is 49.3 Å². The van der Waals surface area contributed by atoms with Gasteiger partial charge in [0.05, 0.1) is 13.1 Å². The molecule has 0 bridgehead atoms. The average molecular weight is 323 g/mol. The van der Waals surface area contributed by atoms with Gasteiger partial charge in [-0.2, -0.15) is 0 Å². The van der Waals surface area contributed by atoms with E-state index in [2.05, 4.69) is 10.6 Å². The van der Waals surface area contributed by atoms with E-state index in [0.29, 0.717) is 12.5 Å². The molecular formula is C13H27ClN4O3. The fraction of sp³-hybridized carbons (Fsp3) is 0.769. The Balaban J connectivity index is 0. The minimum Gasteiger partial charge on any atom is -0.347 e. The molecule has 0 aliphatic heterocycles. The number of carbonyl (C=O) groups is 3. The van der Waals surface area contributed by atoms with Crippen molar-refractivity contribution in [3.05, 3.63) is 0 Å². The number of rotatable bonds is 8. The molecule has 0 aliphatic rings. The molecule has 8 heteroatoms. The van der Waals surface area contributed by atoms with Crippen molar-refractivity contribution < 1.29 is 14.4 Å². The van der Waals surface area contributed by atoms with Crippen LogP contribution in [0.5, 0.6) is 0 Å². The van der Waals surface area contributed by atoms with Crippen molar-refractivity contribution >= 4 is 30.1 Å². The molecule has 0 saturated heterocycles. The van der Waals surface area contributed by atoms with Crippen LogP contribution in [0.1, 0.15) is 27.2 Å². The maximum absolute atomic E-state index is 11.8. The van der Waals surface area contributed by atoms with E-state index in [9.17, 15) is 14.4 Å². The van der Waals surface area contributed by atoms with E-state index in [0.717, 1.165) is 6.42 Å². The molecule has 1 atom stereocenters. The van der Waals surface area contributed by atoms with Gasteiger partial charge in [-0.1, -0.05) is 13.8 Å². The minimum absolute atomic E-state index is 0. The van der Waals surface area contributed by atoms with Crippen LogP contribution in [0.15, 0.2) is 0 Å². The number of amides is 3. The molecule has 4 N–H and O–H groups in total. The first-order valence-electron chi connectivity index (χ1n) is 6.74. The van der Waals surface area contributed by atoms with E-state index in [1.54, 1.807) is 11.9 Å². The summed E-state index contributed by atoms with van der Waals surface area (Å²) in [4.78, 5) is 35.2. The Morgan fingerprint density at radius 2 is 1.71 bits per heavy atom. The van der Waals surface area contributed by atoms with Gasteiger partial charge in [-0.15, -0.1) is 12.4 Å². The van der Waals surface area contributed by atoms with Gasteiger partial charge in [0, 0.05) is 26.6 Å². The zero-order valence-electron chi connectivity index (χ0n) is 13.1. The predicted octanol–water partition coefficient (Wildman–Crippen LogP) is -0.508. The van der Waals surface area contributed by atoms with Crippen molar-refractivity contribution in [3.8, 4) is 0 Å². The molecular weight excluding hydrogens is 296 g/mol. The number of nitrogens with one attached hydrogen (secondary N) is 2. The van der Waals surface area contributed by atoms with Crippen molar-refractivity contribution in [1.29, 1.82) is 0 Å². The highest BCUT2D eigenvalue weighted by Gasteiger charge is 2.13. The molecule has 7 nitrogen and oxygen atoms in total. The lowest BCUT2D eigenvalue weighted by molar-refractivity contribution is -0.132. The van der Waals surface area contributed by atoms with E-state index >= 15 is 0 Å². The van der Waals surface area contributed by atoms with E-state index in [4.69, 9.17) is 5.73 Å². The second-order valence-corrected chi connectivity index (χ2v) is 5.20. The third-order valence-corrected chi connectivity index (χ3v) is 3.01. The summed E-state index contributed by atoms with van der Waals surface area (Å²) in [5, 5.41) is 4.81. The first-order valence-corrected chi connectivity index (χ1v) is 6.74. The quantitative estimate of drug-likeness (QED) is 0.560. The van der Waals surface area contributed by atoms with Gasteiger partial charge >= 0.3 is 0 Å². The number of likely N-dealkylation sites (N-methyl/N-ethyl adjacent to an activating group) is 1. The first-order chi connectivity index (χ1) is 9.23. The SMILES string of the molecule is CC(=O)NCC(=O)NCC(=O)N(C)CCC(N)C(C)C.Cl. The summed E-state index contributed by atoms with van der Waals surface area (Å²) in [6.45, 7) is 5.75. The summed E-state index contributed by atoms with van der Waals surface area (Å²) in [7, 11) is 1.68. The van der Waals surface area contributed by atoms with E-state index in [1.807, 2.05) is 13.8 Å². The van der Waals surface area contributed by atoms with Gasteiger partial charge in [-0.3, -0.25) is 14.4 Å². The summed E-state index contributed by atoms with van der Waals surface area (Å²) in [6, 6.07) is 0.0552. The van der Waals surface area contributed by atoms with Gasteiger partial charge in [0.15, 0.2) is 0 Å². The zero-order chi connectivity index (χ0) is 15.7. The Hall–Kier alpha value is -1.34. The molecule has 0 fully saturated rings. The van der Waals surface area contributed by atoms with Crippen molar-refractivity contribution in [3.63, 3.8) is 0 Å². The molecule has 0 aromatic carbocycles. The molecule has 0 rings (SSSR count). The highest BCUT2D eigenvalue weighted by molar-refractivity contribution is 5.87. The van der Waals surface area contributed by atoms with E-state index in [1.165, 1.54) is 6.92 Å². The third kappa shape index (κ3) is 11.0. The van der Waals surface area contributed by atoms with Crippen LogP contribution >= 0.6 is 12.4 Å². The van der Waals surface area contributed by atoms with Gasteiger partial charge < -0.3 is 21.3 Å². The monoisotopic (exact) mass is 322 g/mol. The van der Waals surface area contributed by atoms with Gasteiger partial charge in [0.2, 0.25) is 17.7 Å². The molecule has 0 aromatic heterocycles. The average Bonchev–Trinajstić information content (AvgIpc) is 2.38. The highest BCUT2D eigenvalue weighted by Crippen LogP contribution is 2.03. The number of nitrogens with two attached hydrogens (primary N) is 1. The van der Waals surface area contributed by atoms with Crippen LogP contribution in [0.2, 0.25) is 0 Å². The van der Waals surface area contributed by atoms with Crippen LogP contribution in [0, 0.1) is 5.92 Å². The second kappa shape index (κ2) is 11.3. The third-order valence-electron chi connectivity index (χ3n) is 3.01. The molecule has 0 radical (unpaired) electrons. The maximum atomic E-state index is 11.8. The lowest BCUT2D eigenvalue weighted by Gasteiger charge is -2.21. The molecule has 0 aromatic rings. The molecule has 0 heterocycles. The summed E-state index contributed by atoms with van der Waals surface area (Å²) in [5.41, 5.74) is 5.91. The molecule has 0 aliphatic carbocycles. The van der Waals surface area contributed by atoms with Crippen LogP contribution in [-0.4, -0.2) is 55.3 Å². The number of carbonyl (C=O) groups excluding carboxylic acids is 3. The van der Waals surface area contributed by atoms with Crippen molar-refractivity contribution in [1.82, 2.24) is 15.5 Å². The Kier molecular flexibility index (Phi) is 11.8. The largest absolute Gasteiger partial charge is 0.347 e. The Bertz CT molecular complexity index is 350. The second-order valence-electron chi connectivity index (χ2n) is 5.20. The van der Waals surface area contributed by atoms with Gasteiger partial charge in [-0.05, 0) is 12.3 Å². The van der Waals surface area contributed by atoms with Gasteiger partial charge in [0.1, 0.15) is 0 Å². The molecule has 1 unspecified atom stereocenters. The number of nitrogens with zero attached hydrogens (tertiary/aromatic N) is 1. The fourth-order valence-corrected chi connectivity index (χ4v) is 1.38. The van der Waals surface area contributed by atoms with Crippen LogP contribution in [-0.2, 0) is 14.4 Å². The Morgan fingerprint density at radius 3 is 2.19 bits per heavy atom. The number of hydrogen-bond donors (Lipinski definition) is 3. The van der Waals surface area contributed by atoms with Crippen LogP contribution in [0.4, 0.5) is 0 Å². The minimum atomic E-state index is -0.388. The predicted molar refractivity (Wildman–Crippen MR) is 84.0 cm³/mol. The molecule has 0 spiro atoms. The zero-order valence-corrected chi connectivity index (χ0v) is 14.0. The molecule has 124 valence electrons. The standard InChI is InChI=1S/C13H26N4O3.ClH/c1-9(2)11(14)5-6-17(4)13(20)8-16-12(19)7-15-10(3)18;/h9,11H,5-8,14H2,1-4H3,(H,15,18)(H,16,19);1H. The van der Waals surface area contributed by atoms with Crippen LogP contribution < -0.4 is 16.4 Å². The lowest BCUT2D eigenvalue weighted by Crippen LogP contribution is -2.43. The van der Waals surface area contributed by atoms with E-state index < -0.39 is 0 Å². The summed E-state index contributed by atoms with van der Waals surface area (Å²) >= 11 is 0. The Labute approximate surface area is 132 Å². The van der Waals surface area contributed by atoms with Crippen molar-refractivity contribution in [2.75, 3.05) is 26.7 Å². The fourth-order valence-electron chi connectivity index (χ4n) is 1.38. The van der Waals surface area contributed by atoms with Gasteiger partial charge in [0.25, 0.3) is 0 Å². The van der Waals surface area contributed by atoms with Crippen molar-refractivity contribution in [2.24, 2.45) is 11.7 Å². The smallest absolute Gasteiger partial charge is 0.241 e. The molecule has 3 amide bonds.